The quantitative estimate of drug-likeness (QED) is 0.399. The maximum atomic E-state index is 13.3. The van der Waals surface area contributed by atoms with Crippen LogP contribution in [0, 0.1) is 0 Å². The molecule has 0 radical (unpaired) electrons. The van der Waals surface area contributed by atoms with Gasteiger partial charge in [-0.1, -0.05) is 24.3 Å². The predicted molar refractivity (Wildman–Crippen MR) is 137 cm³/mol. The molecule has 0 bridgehead atoms. The summed E-state index contributed by atoms with van der Waals surface area (Å²) in [6.07, 6.45) is 5.37. The third-order valence-electron chi connectivity index (χ3n) is 7.58. The second-order valence-corrected chi connectivity index (χ2v) is 9.70. The SMILES string of the molecule is O=C1CC(=O)C(c2cnc3ccccn23)=C1c1cn2c3c(cccc13)CN(C(=O)N1CCOCC1)CC2. The van der Waals surface area contributed by atoms with Crippen LogP contribution in [0.15, 0.2) is 55.0 Å². The number of ether oxygens (including phenoxy) is 1. The number of para-hydroxylation sites is 1. The summed E-state index contributed by atoms with van der Waals surface area (Å²) >= 11 is 0. The Kier molecular flexibility index (Phi) is 5.00. The number of nitrogens with zero attached hydrogens (tertiary/aromatic N) is 5. The van der Waals surface area contributed by atoms with E-state index in [-0.39, 0.29) is 24.0 Å². The highest BCUT2D eigenvalue weighted by atomic mass is 16.5. The van der Waals surface area contributed by atoms with E-state index in [4.69, 9.17) is 4.74 Å². The van der Waals surface area contributed by atoms with Gasteiger partial charge < -0.3 is 19.1 Å². The number of rotatable bonds is 2. The van der Waals surface area contributed by atoms with Gasteiger partial charge in [0.15, 0.2) is 11.6 Å². The molecule has 2 amide bonds. The molecule has 3 aromatic heterocycles. The lowest BCUT2D eigenvalue weighted by atomic mass is 9.98. The number of carbonyl (C=O) groups is 3. The van der Waals surface area contributed by atoms with Gasteiger partial charge in [-0.2, -0.15) is 0 Å². The van der Waals surface area contributed by atoms with E-state index in [0.717, 1.165) is 27.7 Å². The highest BCUT2D eigenvalue weighted by Crippen LogP contribution is 2.40. The van der Waals surface area contributed by atoms with Crippen molar-refractivity contribution in [3.8, 4) is 0 Å². The van der Waals surface area contributed by atoms with E-state index in [0.29, 0.717) is 62.8 Å². The van der Waals surface area contributed by atoms with E-state index in [1.54, 1.807) is 6.20 Å². The highest BCUT2D eigenvalue weighted by molar-refractivity contribution is 6.51. The smallest absolute Gasteiger partial charge is 0.320 e. The van der Waals surface area contributed by atoms with Gasteiger partial charge >= 0.3 is 6.03 Å². The topological polar surface area (TPSA) is 89.2 Å². The number of carbonyl (C=O) groups excluding carboxylic acids is 3. The van der Waals surface area contributed by atoms with Gasteiger partial charge in [0.25, 0.3) is 0 Å². The van der Waals surface area contributed by atoms with Gasteiger partial charge in [0.2, 0.25) is 0 Å². The van der Waals surface area contributed by atoms with Crippen LogP contribution in [0.4, 0.5) is 4.79 Å². The molecule has 9 heteroatoms. The van der Waals surface area contributed by atoms with Gasteiger partial charge in [-0.15, -0.1) is 0 Å². The molecule has 0 atom stereocenters. The monoisotopic (exact) mass is 495 g/mol. The molecule has 37 heavy (non-hydrogen) atoms. The summed E-state index contributed by atoms with van der Waals surface area (Å²) < 4.78 is 9.39. The molecule has 0 N–H and O–H groups in total. The standard InChI is InChI=1S/C28H25N5O4/c34-22-14-23(35)26(21-15-29-24-6-1-2-7-33(21)24)25(22)20-17-31-8-9-32(28(36)30-10-12-37-13-11-30)16-18-4-3-5-19(20)27(18)31/h1-7,15,17H,8-14,16H2. The summed E-state index contributed by atoms with van der Waals surface area (Å²) in [5.74, 6) is -0.353. The molecule has 1 saturated heterocycles. The van der Waals surface area contributed by atoms with E-state index < -0.39 is 0 Å². The van der Waals surface area contributed by atoms with Crippen LogP contribution in [0.3, 0.4) is 0 Å². The first kappa shape index (κ1) is 22.0. The van der Waals surface area contributed by atoms with Crippen LogP contribution in [0.25, 0.3) is 27.7 Å². The molecule has 0 spiro atoms. The Morgan fingerprint density at radius 1 is 0.892 bits per heavy atom. The molecule has 1 aromatic carbocycles. The van der Waals surface area contributed by atoms with Gasteiger partial charge in [0, 0.05) is 61.6 Å². The molecule has 9 nitrogen and oxygen atoms in total. The number of ketones is 2. The third kappa shape index (κ3) is 3.41. The van der Waals surface area contributed by atoms with Crippen molar-refractivity contribution in [1.29, 1.82) is 0 Å². The molecule has 4 aromatic rings. The normalized spacial score (nSPS) is 18.4. The summed E-state index contributed by atoms with van der Waals surface area (Å²) in [5, 5.41) is 0.919. The first-order valence-corrected chi connectivity index (χ1v) is 12.6. The Morgan fingerprint density at radius 3 is 2.59 bits per heavy atom. The number of fused-ring (bicyclic) bond motifs is 1. The minimum absolute atomic E-state index is 0.0282. The molecule has 0 saturated carbocycles. The number of amides is 2. The Bertz CT molecular complexity index is 1640. The lowest BCUT2D eigenvalue weighted by molar-refractivity contribution is -0.119. The van der Waals surface area contributed by atoms with Crippen LogP contribution >= 0.6 is 0 Å². The molecule has 1 aliphatic carbocycles. The Hall–Kier alpha value is -4.24. The van der Waals surface area contributed by atoms with E-state index in [1.807, 2.05) is 63.0 Å². The number of hydrogen-bond acceptors (Lipinski definition) is 5. The van der Waals surface area contributed by atoms with Crippen LogP contribution < -0.4 is 0 Å². The Morgan fingerprint density at radius 2 is 1.73 bits per heavy atom. The average molecular weight is 496 g/mol. The van der Waals surface area contributed by atoms with Crippen molar-refractivity contribution in [3.05, 3.63) is 71.8 Å². The first-order chi connectivity index (χ1) is 18.1. The van der Waals surface area contributed by atoms with E-state index in [2.05, 4.69) is 9.55 Å². The number of benzene rings is 1. The van der Waals surface area contributed by atoms with Gasteiger partial charge in [-0.25, -0.2) is 9.78 Å². The lowest BCUT2D eigenvalue weighted by Crippen LogP contribution is -2.48. The van der Waals surface area contributed by atoms with Gasteiger partial charge in [0.1, 0.15) is 5.65 Å². The predicted octanol–water partition coefficient (Wildman–Crippen LogP) is 3.01. The van der Waals surface area contributed by atoms with Gasteiger partial charge in [0.05, 0.1) is 42.6 Å². The van der Waals surface area contributed by atoms with Crippen LogP contribution in [0.5, 0.6) is 0 Å². The second-order valence-electron chi connectivity index (χ2n) is 9.70. The molecule has 2 aliphatic heterocycles. The fraction of sp³-hybridized carbons (Fsp3) is 0.286. The summed E-state index contributed by atoms with van der Waals surface area (Å²) in [6.45, 7) is 3.98. The number of hydrogen-bond donors (Lipinski definition) is 0. The van der Waals surface area contributed by atoms with Crippen molar-refractivity contribution in [3.63, 3.8) is 0 Å². The van der Waals surface area contributed by atoms with Crippen molar-refractivity contribution >= 4 is 45.3 Å². The molecule has 5 heterocycles. The van der Waals surface area contributed by atoms with Crippen molar-refractivity contribution in [2.75, 3.05) is 32.8 Å². The fourth-order valence-electron chi connectivity index (χ4n) is 5.85. The fourth-order valence-corrected chi connectivity index (χ4v) is 5.85. The lowest BCUT2D eigenvalue weighted by Gasteiger charge is -2.32. The molecule has 1 fully saturated rings. The van der Waals surface area contributed by atoms with Crippen molar-refractivity contribution in [1.82, 2.24) is 23.8 Å². The Labute approximate surface area is 212 Å². The maximum absolute atomic E-state index is 13.3. The zero-order valence-corrected chi connectivity index (χ0v) is 20.2. The second kappa shape index (κ2) is 8.41. The van der Waals surface area contributed by atoms with E-state index in [9.17, 15) is 14.4 Å². The highest BCUT2D eigenvalue weighted by Gasteiger charge is 2.36. The average Bonchev–Trinajstić information content (AvgIpc) is 3.55. The summed E-state index contributed by atoms with van der Waals surface area (Å²) in [6, 6.07) is 11.7. The molecule has 186 valence electrons. The van der Waals surface area contributed by atoms with Crippen LogP contribution in [0.2, 0.25) is 0 Å². The minimum Gasteiger partial charge on any atom is -0.378 e. The van der Waals surface area contributed by atoms with Crippen molar-refractivity contribution < 1.29 is 19.1 Å². The number of allylic oxidation sites excluding steroid dienone is 2. The third-order valence-corrected chi connectivity index (χ3v) is 7.58. The summed E-state index contributed by atoms with van der Waals surface area (Å²) in [5.41, 5.74) is 5.03. The van der Waals surface area contributed by atoms with E-state index >= 15 is 0 Å². The number of Topliss-reactive ketones (excluding diaryl/α,β-unsaturated/α-hetero) is 2. The largest absolute Gasteiger partial charge is 0.378 e. The number of pyridine rings is 1. The van der Waals surface area contributed by atoms with Crippen LogP contribution in [0.1, 0.15) is 23.2 Å². The maximum Gasteiger partial charge on any atom is 0.320 e. The summed E-state index contributed by atoms with van der Waals surface area (Å²) in [4.78, 5) is 47.8. The Balaban J connectivity index is 1.34. The number of imidazole rings is 1. The molecular weight excluding hydrogens is 470 g/mol. The number of aromatic nitrogens is 3. The van der Waals surface area contributed by atoms with E-state index in [1.165, 1.54) is 0 Å². The molecule has 7 rings (SSSR count). The van der Waals surface area contributed by atoms with Crippen molar-refractivity contribution in [2.45, 2.75) is 19.5 Å². The molecular formula is C28H25N5O4. The molecule has 0 unspecified atom stereocenters. The van der Waals surface area contributed by atoms with Crippen molar-refractivity contribution in [2.24, 2.45) is 0 Å². The molecule has 3 aliphatic rings. The van der Waals surface area contributed by atoms with Gasteiger partial charge in [-0.3, -0.25) is 14.0 Å². The summed E-state index contributed by atoms with van der Waals surface area (Å²) in [7, 11) is 0. The number of morpholine rings is 1. The zero-order chi connectivity index (χ0) is 25.1. The van der Waals surface area contributed by atoms with Crippen LogP contribution in [-0.4, -0.2) is 74.2 Å². The van der Waals surface area contributed by atoms with Gasteiger partial charge in [-0.05, 0) is 17.7 Å². The van der Waals surface area contributed by atoms with Crippen LogP contribution in [-0.2, 0) is 27.4 Å². The minimum atomic E-state index is -0.183. The first-order valence-electron chi connectivity index (χ1n) is 12.6. The number of urea groups is 1. The zero-order valence-electron chi connectivity index (χ0n) is 20.2.